The molecule has 0 amide bonds. The van der Waals surface area contributed by atoms with Gasteiger partial charge in [0.25, 0.3) is 0 Å². The molecule has 0 aliphatic carbocycles. The molecule has 3 aromatic rings. The molecule has 0 bridgehead atoms. The average molecular weight is 281 g/mol. The number of fused-ring (bicyclic) bond motifs is 1. The summed E-state index contributed by atoms with van der Waals surface area (Å²) in [5, 5.41) is 0. The Morgan fingerprint density at radius 3 is 2.38 bits per heavy atom. The molecule has 108 valence electrons. The van der Waals surface area contributed by atoms with Crippen molar-refractivity contribution in [2.75, 3.05) is 0 Å². The Morgan fingerprint density at radius 2 is 1.71 bits per heavy atom. The molecule has 0 atom stereocenters. The molecule has 0 N–H and O–H groups in total. The van der Waals surface area contributed by atoms with Crippen LogP contribution in [0.2, 0.25) is 0 Å². The molecule has 3 nitrogen and oxygen atoms in total. The van der Waals surface area contributed by atoms with Crippen LogP contribution < -0.4 is 4.74 Å². The van der Waals surface area contributed by atoms with Crippen LogP contribution in [0.4, 0.5) is 0 Å². The molecular weight excluding hydrogens is 262 g/mol. The van der Waals surface area contributed by atoms with Gasteiger partial charge in [0, 0.05) is 5.56 Å². The van der Waals surface area contributed by atoms with Crippen LogP contribution in [-0.4, -0.2) is 10.6 Å². The van der Waals surface area contributed by atoms with Gasteiger partial charge in [-0.25, -0.2) is 4.98 Å². The zero-order valence-corrected chi connectivity index (χ0v) is 12.8. The molecule has 2 aromatic carbocycles. The third-order valence-electron chi connectivity index (χ3n) is 3.07. The van der Waals surface area contributed by atoms with E-state index in [1.54, 1.807) is 0 Å². The monoisotopic (exact) mass is 281 g/mol. The van der Waals surface area contributed by atoms with Crippen LogP contribution in [0.25, 0.3) is 22.6 Å². The largest absolute Gasteiger partial charge is 0.488 e. The highest BCUT2D eigenvalue weighted by atomic mass is 16.5. The number of aryl methyl sites for hydroxylation is 1. The SMILES string of the molecule is Cc1ccc2oc(-c3ccc(OC(C)(C)C)cc3)nc2c1. The standard InChI is InChI=1S/C18H19NO2/c1-12-5-10-16-15(11-12)19-17(20-16)13-6-8-14(9-7-13)21-18(2,3)4/h5-11H,1-4H3. The van der Waals surface area contributed by atoms with E-state index in [1.165, 1.54) is 5.56 Å². The highest BCUT2D eigenvalue weighted by Gasteiger charge is 2.12. The Kier molecular flexibility index (Phi) is 3.20. The van der Waals surface area contributed by atoms with E-state index in [4.69, 9.17) is 9.15 Å². The first-order valence-electron chi connectivity index (χ1n) is 7.07. The predicted molar refractivity (Wildman–Crippen MR) is 84.6 cm³/mol. The van der Waals surface area contributed by atoms with Gasteiger partial charge in [-0.3, -0.25) is 0 Å². The van der Waals surface area contributed by atoms with Crippen molar-refractivity contribution in [3.63, 3.8) is 0 Å². The molecule has 0 radical (unpaired) electrons. The van der Waals surface area contributed by atoms with Gasteiger partial charge in [0.15, 0.2) is 5.58 Å². The van der Waals surface area contributed by atoms with Gasteiger partial charge < -0.3 is 9.15 Å². The quantitative estimate of drug-likeness (QED) is 0.664. The molecule has 0 fully saturated rings. The van der Waals surface area contributed by atoms with Crippen LogP contribution in [0, 0.1) is 6.92 Å². The van der Waals surface area contributed by atoms with E-state index in [1.807, 2.05) is 70.2 Å². The van der Waals surface area contributed by atoms with Gasteiger partial charge in [-0.2, -0.15) is 0 Å². The molecule has 0 unspecified atom stereocenters. The molecule has 0 saturated heterocycles. The van der Waals surface area contributed by atoms with Gasteiger partial charge in [-0.15, -0.1) is 0 Å². The van der Waals surface area contributed by atoms with Crippen molar-refractivity contribution in [2.24, 2.45) is 0 Å². The Hall–Kier alpha value is -2.29. The maximum atomic E-state index is 5.82. The van der Waals surface area contributed by atoms with Crippen molar-refractivity contribution in [1.29, 1.82) is 0 Å². The van der Waals surface area contributed by atoms with Crippen LogP contribution in [-0.2, 0) is 0 Å². The van der Waals surface area contributed by atoms with Crippen LogP contribution in [0.1, 0.15) is 26.3 Å². The van der Waals surface area contributed by atoms with Gasteiger partial charge in [0.2, 0.25) is 5.89 Å². The van der Waals surface area contributed by atoms with E-state index in [0.717, 1.165) is 22.4 Å². The maximum absolute atomic E-state index is 5.82. The summed E-state index contributed by atoms with van der Waals surface area (Å²) in [4.78, 5) is 4.54. The number of ether oxygens (including phenoxy) is 1. The first-order chi connectivity index (χ1) is 9.90. The second-order valence-electron chi connectivity index (χ2n) is 6.23. The lowest BCUT2D eigenvalue weighted by atomic mass is 10.1. The summed E-state index contributed by atoms with van der Waals surface area (Å²) < 4.78 is 11.6. The first-order valence-corrected chi connectivity index (χ1v) is 7.07. The lowest BCUT2D eigenvalue weighted by Crippen LogP contribution is -2.22. The predicted octanol–water partition coefficient (Wildman–Crippen LogP) is 4.98. The molecular formula is C18H19NO2. The van der Waals surface area contributed by atoms with Crippen molar-refractivity contribution < 1.29 is 9.15 Å². The van der Waals surface area contributed by atoms with Crippen LogP contribution in [0.15, 0.2) is 46.9 Å². The maximum Gasteiger partial charge on any atom is 0.227 e. The fourth-order valence-electron chi connectivity index (χ4n) is 2.18. The molecule has 1 heterocycles. The number of rotatable bonds is 2. The zero-order valence-electron chi connectivity index (χ0n) is 12.8. The van der Waals surface area contributed by atoms with Crippen LogP contribution >= 0.6 is 0 Å². The molecule has 0 aliphatic rings. The highest BCUT2D eigenvalue weighted by molar-refractivity contribution is 5.76. The number of aromatic nitrogens is 1. The summed E-state index contributed by atoms with van der Waals surface area (Å²) in [5.74, 6) is 1.48. The van der Waals surface area contributed by atoms with Crippen LogP contribution in [0.5, 0.6) is 5.75 Å². The summed E-state index contributed by atoms with van der Waals surface area (Å²) in [6.45, 7) is 8.14. The smallest absolute Gasteiger partial charge is 0.227 e. The van der Waals surface area contributed by atoms with Crippen molar-refractivity contribution in [3.8, 4) is 17.2 Å². The zero-order chi connectivity index (χ0) is 15.0. The number of hydrogen-bond acceptors (Lipinski definition) is 3. The van der Waals surface area contributed by atoms with E-state index in [0.29, 0.717) is 5.89 Å². The topological polar surface area (TPSA) is 35.3 Å². The van der Waals surface area contributed by atoms with Gasteiger partial charge >= 0.3 is 0 Å². The second kappa shape index (κ2) is 4.92. The number of hydrogen-bond donors (Lipinski definition) is 0. The van der Waals surface area contributed by atoms with Gasteiger partial charge in [0.05, 0.1) is 0 Å². The fourth-order valence-corrected chi connectivity index (χ4v) is 2.18. The number of oxazole rings is 1. The van der Waals surface area contributed by atoms with Crippen molar-refractivity contribution in [1.82, 2.24) is 4.98 Å². The molecule has 21 heavy (non-hydrogen) atoms. The molecule has 3 heteroatoms. The summed E-state index contributed by atoms with van der Waals surface area (Å²) in [6, 6.07) is 13.8. The van der Waals surface area contributed by atoms with E-state index in [-0.39, 0.29) is 5.60 Å². The summed E-state index contributed by atoms with van der Waals surface area (Å²) >= 11 is 0. The normalized spacial score (nSPS) is 11.8. The number of nitrogens with zero attached hydrogens (tertiary/aromatic N) is 1. The minimum atomic E-state index is -0.198. The summed E-state index contributed by atoms with van der Waals surface area (Å²) in [7, 11) is 0. The van der Waals surface area contributed by atoms with Crippen molar-refractivity contribution >= 4 is 11.1 Å². The minimum absolute atomic E-state index is 0.198. The first kappa shape index (κ1) is 13.7. The van der Waals surface area contributed by atoms with Gasteiger partial charge in [-0.1, -0.05) is 6.07 Å². The fraction of sp³-hybridized carbons (Fsp3) is 0.278. The van der Waals surface area contributed by atoms with Gasteiger partial charge in [0.1, 0.15) is 16.9 Å². The molecule has 3 rings (SSSR count). The van der Waals surface area contributed by atoms with E-state index >= 15 is 0 Å². The minimum Gasteiger partial charge on any atom is -0.488 e. The third kappa shape index (κ3) is 3.07. The van der Waals surface area contributed by atoms with Crippen molar-refractivity contribution in [3.05, 3.63) is 48.0 Å². The van der Waals surface area contributed by atoms with E-state index in [2.05, 4.69) is 4.98 Å². The Labute approximate surface area is 124 Å². The Balaban J connectivity index is 1.91. The lowest BCUT2D eigenvalue weighted by Gasteiger charge is -2.21. The average Bonchev–Trinajstić information content (AvgIpc) is 2.80. The van der Waals surface area contributed by atoms with E-state index < -0.39 is 0 Å². The third-order valence-corrected chi connectivity index (χ3v) is 3.07. The Morgan fingerprint density at radius 1 is 1.00 bits per heavy atom. The highest BCUT2D eigenvalue weighted by Crippen LogP contribution is 2.27. The van der Waals surface area contributed by atoms with Crippen molar-refractivity contribution in [2.45, 2.75) is 33.3 Å². The Bertz CT molecular complexity index is 764. The van der Waals surface area contributed by atoms with Crippen LogP contribution in [0.3, 0.4) is 0 Å². The summed E-state index contributed by atoms with van der Waals surface area (Å²) in [6.07, 6.45) is 0. The van der Waals surface area contributed by atoms with Gasteiger partial charge in [-0.05, 0) is 69.7 Å². The molecule has 0 spiro atoms. The molecule has 0 saturated carbocycles. The lowest BCUT2D eigenvalue weighted by molar-refractivity contribution is 0.131. The second-order valence-corrected chi connectivity index (χ2v) is 6.23. The molecule has 1 aromatic heterocycles. The number of benzene rings is 2. The van der Waals surface area contributed by atoms with E-state index in [9.17, 15) is 0 Å². The molecule has 0 aliphatic heterocycles. The summed E-state index contributed by atoms with van der Waals surface area (Å²) in [5.41, 5.74) is 3.63.